The summed E-state index contributed by atoms with van der Waals surface area (Å²) in [6.07, 6.45) is 1.55. The SMILES string of the molecule is Nc1ncc(Br)c(Sc2ccccc2F)n1. The molecule has 0 amide bonds. The lowest BCUT2D eigenvalue weighted by Crippen LogP contribution is -1.95. The quantitative estimate of drug-likeness (QED) is 0.866. The number of benzene rings is 1. The first-order valence-corrected chi connectivity index (χ1v) is 5.98. The monoisotopic (exact) mass is 299 g/mol. The molecule has 0 saturated carbocycles. The Bertz CT molecular complexity index is 521. The van der Waals surface area contributed by atoms with E-state index in [9.17, 15) is 4.39 Å². The summed E-state index contributed by atoms with van der Waals surface area (Å²) in [6.45, 7) is 0. The molecular weight excluding hydrogens is 293 g/mol. The second-order valence-corrected chi connectivity index (χ2v) is 4.80. The molecule has 0 aliphatic rings. The molecule has 0 unspecified atom stereocenters. The Morgan fingerprint density at radius 1 is 1.31 bits per heavy atom. The molecule has 0 spiro atoms. The molecule has 0 fully saturated rings. The Kier molecular flexibility index (Phi) is 3.40. The van der Waals surface area contributed by atoms with Crippen molar-refractivity contribution in [2.45, 2.75) is 9.92 Å². The average molecular weight is 300 g/mol. The molecule has 0 aliphatic carbocycles. The molecule has 0 aliphatic heterocycles. The number of nitrogen functional groups attached to an aromatic ring is 1. The fourth-order valence-electron chi connectivity index (χ4n) is 1.07. The van der Waals surface area contributed by atoms with Gasteiger partial charge in [-0.3, -0.25) is 0 Å². The Morgan fingerprint density at radius 3 is 2.81 bits per heavy atom. The maximum absolute atomic E-state index is 13.4. The molecule has 0 atom stereocenters. The predicted octanol–water partition coefficient (Wildman–Crippen LogP) is 3.11. The van der Waals surface area contributed by atoms with Crippen LogP contribution in [0, 0.1) is 5.82 Å². The van der Waals surface area contributed by atoms with E-state index in [0.29, 0.717) is 14.4 Å². The highest BCUT2D eigenvalue weighted by Gasteiger charge is 2.08. The Balaban J connectivity index is 2.34. The fraction of sp³-hybridized carbons (Fsp3) is 0. The van der Waals surface area contributed by atoms with Gasteiger partial charge < -0.3 is 5.73 Å². The first kappa shape index (κ1) is 11.3. The van der Waals surface area contributed by atoms with Crippen molar-refractivity contribution in [1.29, 1.82) is 0 Å². The predicted molar refractivity (Wildman–Crippen MR) is 64.7 cm³/mol. The van der Waals surface area contributed by atoms with Crippen LogP contribution in [-0.4, -0.2) is 9.97 Å². The number of nitrogens with two attached hydrogens (primary N) is 1. The fourth-order valence-corrected chi connectivity index (χ4v) is 2.31. The lowest BCUT2D eigenvalue weighted by atomic mass is 10.3. The van der Waals surface area contributed by atoms with E-state index >= 15 is 0 Å². The van der Waals surface area contributed by atoms with Gasteiger partial charge in [-0.25, -0.2) is 14.4 Å². The van der Waals surface area contributed by atoms with Gasteiger partial charge in [-0.05, 0) is 28.1 Å². The van der Waals surface area contributed by atoms with Gasteiger partial charge in [0.05, 0.1) is 4.47 Å². The van der Waals surface area contributed by atoms with Gasteiger partial charge in [0, 0.05) is 11.1 Å². The molecular formula is C10H7BrFN3S. The summed E-state index contributed by atoms with van der Waals surface area (Å²) >= 11 is 4.49. The number of nitrogens with zero attached hydrogens (tertiary/aromatic N) is 2. The average Bonchev–Trinajstić information content (AvgIpc) is 2.27. The summed E-state index contributed by atoms with van der Waals surface area (Å²) in [7, 11) is 0. The highest BCUT2D eigenvalue weighted by molar-refractivity contribution is 9.10. The van der Waals surface area contributed by atoms with Crippen molar-refractivity contribution in [2.24, 2.45) is 0 Å². The van der Waals surface area contributed by atoms with Crippen LogP contribution < -0.4 is 5.73 Å². The highest BCUT2D eigenvalue weighted by atomic mass is 79.9. The third-order valence-electron chi connectivity index (χ3n) is 1.77. The second-order valence-electron chi connectivity index (χ2n) is 2.91. The molecule has 16 heavy (non-hydrogen) atoms. The van der Waals surface area contributed by atoms with E-state index in [-0.39, 0.29) is 11.8 Å². The smallest absolute Gasteiger partial charge is 0.221 e. The van der Waals surface area contributed by atoms with Crippen LogP contribution in [0.2, 0.25) is 0 Å². The van der Waals surface area contributed by atoms with Crippen molar-refractivity contribution in [1.82, 2.24) is 9.97 Å². The van der Waals surface area contributed by atoms with Crippen molar-refractivity contribution >= 4 is 33.6 Å². The summed E-state index contributed by atoms with van der Waals surface area (Å²) in [5.41, 5.74) is 5.47. The molecule has 2 N–H and O–H groups in total. The molecule has 6 heteroatoms. The summed E-state index contributed by atoms with van der Waals surface area (Å²) in [6, 6.07) is 6.50. The van der Waals surface area contributed by atoms with Crippen molar-refractivity contribution in [2.75, 3.05) is 5.73 Å². The van der Waals surface area contributed by atoms with Crippen LogP contribution in [0.25, 0.3) is 0 Å². The molecule has 1 heterocycles. The lowest BCUT2D eigenvalue weighted by molar-refractivity contribution is 0.602. The van der Waals surface area contributed by atoms with E-state index in [1.165, 1.54) is 17.8 Å². The van der Waals surface area contributed by atoms with E-state index < -0.39 is 0 Å². The molecule has 1 aromatic carbocycles. The van der Waals surface area contributed by atoms with Gasteiger partial charge in [-0.1, -0.05) is 23.9 Å². The third kappa shape index (κ3) is 2.51. The highest BCUT2D eigenvalue weighted by Crippen LogP contribution is 2.32. The number of anilines is 1. The van der Waals surface area contributed by atoms with Crippen LogP contribution >= 0.6 is 27.7 Å². The number of aromatic nitrogens is 2. The molecule has 1 aromatic heterocycles. The first-order chi connectivity index (χ1) is 7.66. The summed E-state index contributed by atoms with van der Waals surface area (Å²) < 4.78 is 14.1. The van der Waals surface area contributed by atoms with Gasteiger partial charge in [0.1, 0.15) is 10.8 Å². The molecule has 0 saturated heterocycles. The standard InChI is InChI=1S/C10H7BrFN3S/c11-6-5-14-10(13)15-9(6)16-8-4-2-1-3-7(8)12/h1-5H,(H2,13,14,15). The van der Waals surface area contributed by atoms with Crippen molar-refractivity contribution < 1.29 is 4.39 Å². The minimum atomic E-state index is -0.281. The van der Waals surface area contributed by atoms with Crippen LogP contribution in [0.5, 0.6) is 0 Å². The maximum Gasteiger partial charge on any atom is 0.221 e. The van der Waals surface area contributed by atoms with Gasteiger partial charge in [0.2, 0.25) is 5.95 Å². The van der Waals surface area contributed by atoms with Crippen LogP contribution in [0.1, 0.15) is 0 Å². The summed E-state index contributed by atoms with van der Waals surface area (Å²) in [5, 5.41) is 0.595. The lowest BCUT2D eigenvalue weighted by Gasteiger charge is -2.04. The zero-order valence-corrected chi connectivity index (χ0v) is 10.4. The normalized spacial score (nSPS) is 10.4. The van der Waals surface area contributed by atoms with Gasteiger partial charge in [0.15, 0.2) is 0 Å². The minimum Gasteiger partial charge on any atom is -0.368 e. The Morgan fingerprint density at radius 2 is 2.06 bits per heavy atom. The number of halogens is 2. The van der Waals surface area contributed by atoms with Gasteiger partial charge >= 0.3 is 0 Å². The largest absolute Gasteiger partial charge is 0.368 e. The van der Waals surface area contributed by atoms with Crippen LogP contribution in [0.4, 0.5) is 10.3 Å². The maximum atomic E-state index is 13.4. The molecule has 82 valence electrons. The van der Waals surface area contributed by atoms with E-state index in [2.05, 4.69) is 25.9 Å². The zero-order chi connectivity index (χ0) is 11.5. The van der Waals surface area contributed by atoms with Crippen molar-refractivity contribution in [3.8, 4) is 0 Å². The van der Waals surface area contributed by atoms with E-state index in [1.807, 2.05) is 0 Å². The summed E-state index contributed by atoms with van der Waals surface area (Å²) in [4.78, 5) is 8.34. The van der Waals surface area contributed by atoms with E-state index in [4.69, 9.17) is 5.73 Å². The topological polar surface area (TPSA) is 51.8 Å². The number of rotatable bonds is 2. The molecule has 0 radical (unpaired) electrons. The summed E-state index contributed by atoms with van der Waals surface area (Å²) in [5.74, 6) is -0.112. The minimum absolute atomic E-state index is 0.169. The third-order valence-corrected chi connectivity index (χ3v) is 3.67. The van der Waals surface area contributed by atoms with Gasteiger partial charge in [0.25, 0.3) is 0 Å². The Labute approximate surface area is 104 Å². The molecule has 2 rings (SSSR count). The number of hydrogen-bond donors (Lipinski definition) is 1. The number of hydrogen-bond acceptors (Lipinski definition) is 4. The molecule has 0 bridgehead atoms. The van der Waals surface area contributed by atoms with Crippen LogP contribution in [0.3, 0.4) is 0 Å². The van der Waals surface area contributed by atoms with E-state index in [0.717, 1.165) is 0 Å². The zero-order valence-electron chi connectivity index (χ0n) is 8.02. The molecule has 2 aromatic rings. The first-order valence-electron chi connectivity index (χ1n) is 4.37. The van der Waals surface area contributed by atoms with Crippen LogP contribution in [-0.2, 0) is 0 Å². The Hall–Kier alpha value is -1.14. The van der Waals surface area contributed by atoms with Crippen molar-refractivity contribution in [3.63, 3.8) is 0 Å². The van der Waals surface area contributed by atoms with Gasteiger partial charge in [-0.2, -0.15) is 0 Å². The van der Waals surface area contributed by atoms with Gasteiger partial charge in [-0.15, -0.1) is 0 Å². The van der Waals surface area contributed by atoms with Crippen molar-refractivity contribution in [3.05, 3.63) is 40.8 Å². The van der Waals surface area contributed by atoms with E-state index in [1.54, 1.807) is 24.4 Å². The second kappa shape index (κ2) is 4.80. The molecule has 3 nitrogen and oxygen atoms in total. The van der Waals surface area contributed by atoms with Crippen LogP contribution in [0.15, 0.2) is 44.9 Å².